The number of aromatic nitrogens is 1. The van der Waals surface area contributed by atoms with Gasteiger partial charge in [0.2, 0.25) is 5.76 Å². The van der Waals surface area contributed by atoms with E-state index in [9.17, 15) is 4.79 Å². The molecule has 0 saturated carbocycles. The van der Waals surface area contributed by atoms with E-state index in [1.807, 2.05) is 18.2 Å². The zero-order valence-electron chi connectivity index (χ0n) is 13.7. The summed E-state index contributed by atoms with van der Waals surface area (Å²) >= 11 is 0. The Kier molecular flexibility index (Phi) is 4.71. The van der Waals surface area contributed by atoms with Gasteiger partial charge in [0.05, 0.1) is 7.11 Å². The van der Waals surface area contributed by atoms with Gasteiger partial charge in [0.15, 0.2) is 11.5 Å². The summed E-state index contributed by atoms with van der Waals surface area (Å²) in [5.74, 6) is -0.227. The number of rotatable bonds is 5. The molecule has 1 aromatic carbocycles. The average Bonchev–Trinajstić information content (AvgIpc) is 3.05. The van der Waals surface area contributed by atoms with Gasteiger partial charge in [-0.2, -0.15) is 0 Å². The largest absolute Gasteiger partial charge is 0.493 e. The average molecular weight is 332 g/mol. The Balaban J connectivity index is 1.95. The molecule has 1 aromatic heterocycles. The number of methoxy groups -OCH3 is 1. The van der Waals surface area contributed by atoms with Crippen LogP contribution in [0.15, 0.2) is 28.8 Å². The van der Waals surface area contributed by atoms with E-state index in [1.165, 1.54) is 6.07 Å². The van der Waals surface area contributed by atoms with Gasteiger partial charge in [-0.25, -0.2) is 4.79 Å². The molecule has 1 aliphatic heterocycles. The second-order valence-corrected chi connectivity index (χ2v) is 5.86. The number of aromatic carboxylic acids is 1. The SMILES string of the molecule is COc1cccc(-c2cc(C(=O)O)on2)c1OC1CCCN(C)C1. The second-order valence-electron chi connectivity index (χ2n) is 5.86. The summed E-state index contributed by atoms with van der Waals surface area (Å²) in [6.07, 6.45) is 2.07. The first kappa shape index (κ1) is 16.3. The van der Waals surface area contributed by atoms with Gasteiger partial charge in [0.25, 0.3) is 0 Å². The summed E-state index contributed by atoms with van der Waals surface area (Å²) in [4.78, 5) is 13.2. The van der Waals surface area contributed by atoms with Crippen molar-refractivity contribution in [3.8, 4) is 22.8 Å². The summed E-state index contributed by atoms with van der Waals surface area (Å²) in [7, 11) is 3.64. The summed E-state index contributed by atoms with van der Waals surface area (Å²) < 4.78 is 16.5. The topological polar surface area (TPSA) is 85.0 Å². The standard InChI is InChI=1S/C17H20N2O5/c1-19-8-4-5-11(10-19)23-16-12(6-3-7-14(16)22-2)13-9-15(17(20)21)24-18-13/h3,6-7,9,11H,4-5,8,10H2,1-2H3,(H,20,21). The van der Waals surface area contributed by atoms with Crippen LogP contribution in [0.25, 0.3) is 11.3 Å². The minimum Gasteiger partial charge on any atom is -0.493 e. The fourth-order valence-electron chi connectivity index (χ4n) is 2.88. The zero-order chi connectivity index (χ0) is 17.1. The smallest absolute Gasteiger partial charge is 0.374 e. The number of para-hydroxylation sites is 1. The molecule has 0 bridgehead atoms. The van der Waals surface area contributed by atoms with E-state index < -0.39 is 5.97 Å². The molecule has 2 aromatic rings. The van der Waals surface area contributed by atoms with Crippen molar-refractivity contribution in [1.82, 2.24) is 10.1 Å². The Morgan fingerprint density at radius 2 is 2.29 bits per heavy atom. The van der Waals surface area contributed by atoms with Crippen LogP contribution in [0.2, 0.25) is 0 Å². The number of hydrogen-bond donors (Lipinski definition) is 1. The molecule has 2 heterocycles. The number of carboxylic acid groups (broad SMARTS) is 1. The van der Waals surface area contributed by atoms with E-state index in [-0.39, 0.29) is 11.9 Å². The lowest BCUT2D eigenvalue weighted by molar-refractivity contribution is 0.0652. The van der Waals surface area contributed by atoms with Gasteiger partial charge in [-0.3, -0.25) is 0 Å². The molecule has 24 heavy (non-hydrogen) atoms. The third-order valence-corrected chi connectivity index (χ3v) is 4.06. The molecule has 128 valence electrons. The van der Waals surface area contributed by atoms with Crippen molar-refractivity contribution in [3.63, 3.8) is 0 Å². The fourth-order valence-corrected chi connectivity index (χ4v) is 2.88. The van der Waals surface area contributed by atoms with Crippen molar-refractivity contribution in [2.24, 2.45) is 0 Å². The molecule has 7 heteroatoms. The molecule has 1 atom stereocenters. The lowest BCUT2D eigenvalue weighted by Crippen LogP contribution is -2.38. The number of piperidine rings is 1. The molecular formula is C17H20N2O5. The molecule has 1 N–H and O–H groups in total. The Bertz CT molecular complexity index is 728. The van der Waals surface area contributed by atoms with Crippen molar-refractivity contribution in [1.29, 1.82) is 0 Å². The van der Waals surface area contributed by atoms with Gasteiger partial charge in [0, 0.05) is 18.2 Å². The van der Waals surface area contributed by atoms with Gasteiger partial charge in [0.1, 0.15) is 11.8 Å². The molecule has 1 fully saturated rings. The molecule has 0 radical (unpaired) electrons. The summed E-state index contributed by atoms with van der Waals surface area (Å²) in [5.41, 5.74) is 1.06. The highest BCUT2D eigenvalue weighted by atomic mass is 16.5. The minimum absolute atomic E-state index is 0.0460. The molecule has 1 saturated heterocycles. The molecule has 1 aliphatic rings. The lowest BCUT2D eigenvalue weighted by Gasteiger charge is -2.30. The lowest BCUT2D eigenvalue weighted by atomic mass is 10.1. The van der Waals surface area contributed by atoms with E-state index in [2.05, 4.69) is 17.1 Å². The van der Waals surface area contributed by atoms with Gasteiger partial charge in [-0.1, -0.05) is 11.2 Å². The van der Waals surface area contributed by atoms with Crippen LogP contribution >= 0.6 is 0 Å². The summed E-state index contributed by atoms with van der Waals surface area (Å²) in [6.45, 7) is 1.89. The van der Waals surface area contributed by atoms with Crippen LogP contribution in [0.1, 0.15) is 23.4 Å². The van der Waals surface area contributed by atoms with E-state index >= 15 is 0 Å². The Morgan fingerprint density at radius 1 is 1.46 bits per heavy atom. The second kappa shape index (κ2) is 6.92. The number of carbonyl (C=O) groups is 1. The van der Waals surface area contributed by atoms with Crippen molar-refractivity contribution in [2.45, 2.75) is 18.9 Å². The van der Waals surface area contributed by atoms with Gasteiger partial charge >= 0.3 is 5.97 Å². The van der Waals surface area contributed by atoms with Crippen molar-refractivity contribution < 1.29 is 23.9 Å². The predicted molar refractivity (Wildman–Crippen MR) is 86.6 cm³/mol. The van der Waals surface area contributed by atoms with Crippen LogP contribution in [-0.4, -0.2) is 54.5 Å². The highest BCUT2D eigenvalue weighted by Gasteiger charge is 2.24. The van der Waals surface area contributed by atoms with Crippen molar-refractivity contribution in [3.05, 3.63) is 30.0 Å². The number of likely N-dealkylation sites (tertiary alicyclic amines) is 1. The number of nitrogens with zero attached hydrogens (tertiary/aromatic N) is 2. The minimum atomic E-state index is -1.16. The fraction of sp³-hybridized carbons (Fsp3) is 0.412. The third-order valence-electron chi connectivity index (χ3n) is 4.06. The number of ether oxygens (including phenoxy) is 2. The van der Waals surface area contributed by atoms with Crippen LogP contribution in [0, 0.1) is 0 Å². The molecular weight excluding hydrogens is 312 g/mol. The summed E-state index contributed by atoms with van der Waals surface area (Å²) in [6, 6.07) is 6.82. The summed E-state index contributed by atoms with van der Waals surface area (Å²) in [5, 5.41) is 12.9. The Morgan fingerprint density at radius 3 is 2.96 bits per heavy atom. The normalized spacial score (nSPS) is 18.3. The molecule has 7 nitrogen and oxygen atoms in total. The number of likely N-dealkylation sites (N-methyl/N-ethyl adjacent to an activating group) is 1. The maximum Gasteiger partial charge on any atom is 0.374 e. The molecule has 3 rings (SSSR count). The van der Waals surface area contributed by atoms with Crippen LogP contribution in [0.4, 0.5) is 0 Å². The van der Waals surface area contributed by atoms with E-state index in [4.69, 9.17) is 19.1 Å². The predicted octanol–water partition coefficient (Wildman–Crippen LogP) is 2.52. The highest BCUT2D eigenvalue weighted by molar-refractivity contribution is 5.86. The van der Waals surface area contributed by atoms with E-state index in [0.29, 0.717) is 22.8 Å². The molecule has 0 aliphatic carbocycles. The maximum absolute atomic E-state index is 11.0. The van der Waals surface area contributed by atoms with E-state index in [0.717, 1.165) is 25.9 Å². The van der Waals surface area contributed by atoms with Crippen LogP contribution < -0.4 is 9.47 Å². The maximum atomic E-state index is 11.0. The van der Waals surface area contributed by atoms with Crippen molar-refractivity contribution >= 4 is 5.97 Å². The van der Waals surface area contributed by atoms with Gasteiger partial charge < -0.3 is 24.0 Å². The quantitative estimate of drug-likeness (QED) is 0.900. The number of benzene rings is 1. The van der Waals surface area contributed by atoms with Gasteiger partial charge in [-0.05, 0) is 38.6 Å². The van der Waals surface area contributed by atoms with Gasteiger partial charge in [-0.15, -0.1) is 0 Å². The zero-order valence-corrected chi connectivity index (χ0v) is 13.7. The molecule has 0 amide bonds. The first-order chi connectivity index (χ1) is 11.6. The monoisotopic (exact) mass is 332 g/mol. The first-order valence-corrected chi connectivity index (χ1v) is 7.81. The molecule has 0 spiro atoms. The van der Waals surface area contributed by atoms with Crippen LogP contribution in [0.5, 0.6) is 11.5 Å². The highest BCUT2D eigenvalue weighted by Crippen LogP contribution is 2.39. The Hall–Kier alpha value is -2.54. The molecule has 1 unspecified atom stereocenters. The third kappa shape index (κ3) is 3.35. The number of carboxylic acids is 1. The Labute approximate surface area is 139 Å². The first-order valence-electron chi connectivity index (χ1n) is 7.81. The van der Waals surface area contributed by atoms with Crippen LogP contribution in [-0.2, 0) is 0 Å². The number of hydrogen-bond acceptors (Lipinski definition) is 6. The van der Waals surface area contributed by atoms with Crippen LogP contribution in [0.3, 0.4) is 0 Å². The van der Waals surface area contributed by atoms with E-state index in [1.54, 1.807) is 7.11 Å². The van der Waals surface area contributed by atoms with Crippen molar-refractivity contribution in [2.75, 3.05) is 27.2 Å².